The molecule has 0 radical (unpaired) electrons. The second kappa shape index (κ2) is 7.30. The Morgan fingerprint density at radius 2 is 1.56 bits per heavy atom. The molecule has 2 aromatic carbocycles. The number of hydrogen-bond acceptors (Lipinski definition) is 5. The van der Waals surface area contributed by atoms with E-state index in [1.807, 2.05) is 36.4 Å². The highest BCUT2D eigenvalue weighted by molar-refractivity contribution is 7.91. The standard InChI is InChI=1S/C19H20N2O4S2/c1-20-13-15-11-19(16-7-4-3-5-8-16)21(14-15)27(24,25)18-10-6-9-17(12-18)26(2,22)23/h3-12,14,20H,13H2,1-2H3. The van der Waals surface area contributed by atoms with Crippen molar-refractivity contribution in [2.45, 2.75) is 16.3 Å². The first-order valence-corrected chi connectivity index (χ1v) is 11.5. The van der Waals surface area contributed by atoms with Crippen LogP contribution in [0.4, 0.5) is 0 Å². The van der Waals surface area contributed by atoms with Gasteiger partial charge in [0, 0.05) is 19.0 Å². The Balaban J connectivity index is 2.20. The minimum atomic E-state index is -3.97. The molecule has 0 saturated carbocycles. The highest BCUT2D eigenvalue weighted by Gasteiger charge is 2.23. The molecule has 3 aromatic rings. The molecule has 0 atom stereocenters. The van der Waals surface area contributed by atoms with Crippen LogP contribution in [0.1, 0.15) is 5.56 Å². The molecule has 0 amide bonds. The van der Waals surface area contributed by atoms with Crippen molar-refractivity contribution in [2.75, 3.05) is 13.3 Å². The Morgan fingerprint density at radius 3 is 2.19 bits per heavy atom. The Bertz CT molecular complexity index is 1170. The number of nitrogens with one attached hydrogen (secondary N) is 1. The molecule has 0 aliphatic rings. The SMILES string of the molecule is CNCc1cc(-c2ccccc2)n(S(=O)(=O)c2cccc(S(C)(=O)=O)c2)c1. The number of benzene rings is 2. The van der Waals surface area contributed by atoms with Crippen molar-refractivity contribution < 1.29 is 16.8 Å². The van der Waals surface area contributed by atoms with Crippen LogP contribution in [0.3, 0.4) is 0 Å². The summed E-state index contributed by atoms with van der Waals surface area (Å²) in [4.78, 5) is -0.110. The van der Waals surface area contributed by atoms with Crippen molar-refractivity contribution in [3.8, 4) is 11.3 Å². The fourth-order valence-corrected chi connectivity index (χ4v) is 4.98. The number of aromatic nitrogens is 1. The molecule has 0 saturated heterocycles. The Labute approximate surface area is 159 Å². The van der Waals surface area contributed by atoms with Gasteiger partial charge in [-0.1, -0.05) is 36.4 Å². The third-order valence-corrected chi connectivity index (χ3v) is 6.86. The van der Waals surface area contributed by atoms with Crippen LogP contribution in [-0.2, 0) is 26.4 Å². The van der Waals surface area contributed by atoms with Gasteiger partial charge >= 0.3 is 0 Å². The van der Waals surface area contributed by atoms with Gasteiger partial charge in [-0.3, -0.25) is 0 Å². The van der Waals surface area contributed by atoms with Crippen LogP contribution in [0.5, 0.6) is 0 Å². The lowest BCUT2D eigenvalue weighted by Crippen LogP contribution is -2.14. The van der Waals surface area contributed by atoms with Crippen molar-refractivity contribution in [2.24, 2.45) is 0 Å². The van der Waals surface area contributed by atoms with Gasteiger partial charge in [-0.2, -0.15) is 0 Å². The topological polar surface area (TPSA) is 85.2 Å². The summed E-state index contributed by atoms with van der Waals surface area (Å²) in [6.07, 6.45) is 2.61. The summed E-state index contributed by atoms with van der Waals surface area (Å²) >= 11 is 0. The summed E-state index contributed by atoms with van der Waals surface area (Å²) in [5.74, 6) is 0. The van der Waals surface area contributed by atoms with Crippen molar-refractivity contribution in [3.63, 3.8) is 0 Å². The highest BCUT2D eigenvalue weighted by atomic mass is 32.2. The summed E-state index contributed by atoms with van der Waals surface area (Å²) in [5, 5.41) is 3.01. The van der Waals surface area contributed by atoms with Gasteiger partial charge in [0.2, 0.25) is 0 Å². The number of sulfone groups is 1. The van der Waals surface area contributed by atoms with Crippen molar-refractivity contribution >= 4 is 19.9 Å². The summed E-state index contributed by atoms with van der Waals surface area (Å²) < 4.78 is 51.4. The predicted octanol–water partition coefficient (Wildman–Crippen LogP) is 2.52. The molecule has 8 heteroatoms. The van der Waals surface area contributed by atoms with E-state index in [0.717, 1.165) is 17.4 Å². The smallest absolute Gasteiger partial charge is 0.268 e. The zero-order valence-electron chi connectivity index (χ0n) is 15.0. The van der Waals surface area contributed by atoms with E-state index in [-0.39, 0.29) is 9.79 Å². The van der Waals surface area contributed by atoms with Crippen molar-refractivity contribution in [1.82, 2.24) is 9.29 Å². The monoisotopic (exact) mass is 404 g/mol. The fourth-order valence-electron chi connectivity index (χ4n) is 2.79. The Hall–Kier alpha value is -2.42. The normalized spacial score (nSPS) is 12.2. The molecule has 1 heterocycles. The van der Waals surface area contributed by atoms with E-state index in [0.29, 0.717) is 12.2 Å². The van der Waals surface area contributed by atoms with Gasteiger partial charge in [-0.05, 0) is 42.4 Å². The first kappa shape index (κ1) is 19.3. The molecule has 1 N–H and O–H groups in total. The maximum atomic E-state index is 13.3. The molecule has 142 valence electrons. The fraction of sp³-hybridized carbons (Fsp3) is 0.158. The van der Waals surface area contributed by atoms with E-state index in [9.17, 15) is 16.8 Å². The maximum Gasteiger partial charge on any atom is 0.268 e. The second-order valence-electron chi connectivity index (χ2n) is 6.18. The van der Waals surface area contributed by atoms with E-state index in [1.54, 1.807) is 13.2 Å². The average molecular weight is 405 g/mol. The zero-order chi connectivity index (χ0) is 19.7. The van der Waals surface area contributed by atoms with Gasteiger partial charge in [-0.25, -0.2) is 20.8 Å². The molecule has 27 heavy (non-hydrogen) atoms. The highest BCUT2D eigenvalue weighted by Crippen LogP contribution is 2.28. The Kier molecular flexibility index (Phi) is 5.23. The minimum absolute atomic E-state index is 0.0348. The van der Waals surface area contributed by atoms with Crippen molar-refractivity contribution in [1.29, 1.82) is 0 Å². The molecule has 0 unspecified atom stereocenters. The zero-order valence-corrected chi connectivity index (χ0v) is 16.6. The van der Waals surface area contributed by atoms with Crippen LogP contribution in [0.15, 0.2) is 76.7 Å². The summed E-state index contributed by atoms with van der Waals surface area (Å²) in [6, 6.07) is 16.4. The van der Waals surface area contributed by atoms with Crippen LogP contribution >= 0.6 is 0 Å². The summed E-state index contributed by atoms with van der Waals surface area (Å²) in [5.41, 5.74) is 2.08. The first-order chi connectivity index (χ1) is 12.7. The van der Waals surface area contributed by atoms with Crippen LogP contribution in [0.2, 0.25) is 0 Å². The predicted molar refractivity (Wildman–Crippen MR) is 105 cm³/mol. The van der Waals surface area contributed by atoms with Gasteiger partial charge in [0.05, 0.1) is 15.5 Å². The maximum absolute atomic E-state index is 13.3. The van der Waals surface area contributed by atoms with Gasteiger partial charge in [0.25, 0.3) is 10.0 Å². The van der Waals surface area contributed by atoms with Crippen LogP contribution in [0, 0.1) is 0 Å². The van der Waals surface area contributed by atoms with Crippen molar-refractivity contribution in [3.05, 3.63) is 72.4 Å². The van der Waals surface area contributed by atoms with E-state index in [1.165, 1.54) is 28.2 Å². The molecular formula is C19H20N2O4S2. The average Bonchev–Trinajstić information content (AvgIpc) is 3.07. The number of hydrogen-bond donors (Lipinski definition) is 1. The van der Waals surface area contributed by atoms with Gasteiger partial charge in [0.1, 0.15) is 0 Å². The second-order valence-corrected chi connectivity index (χ2v) is 10.0. The van der Waals surface area contributed by atoms with E-state index < -0.39 is 19.9 Å². The molecule has 0 spiro atoms. The molecule has 6 nitrogen and oxygen atoms in total. The molecule has 0 aliphatic carbocycles. The van der Waals surface area contributed by atoms with E-state index in [2.05, 4.69) is 5.32 Å². The van der Waals surface area contributed by atoms with Crippen LogP contribution < -0.4 is 5.32 Å². The van der Waals surface area contributed by atoms with E-state index in [4.69, 9.17) is 0 Å². The molecule has 1 aromatic heterocycles. The Morgan fingerprint density at radius 1 is 0.889 bits per heavy atom. The lowest BCUT2D eigenvalue weighted by Gasteiger charge is -2.11. The first-order valence-electron chi connectivity index (χ1n) is 8.20. The van der Waals surface area contributed by atoms with Gasteiger partial charge in [-0.15, -0.1) is 0 Å². The molecular weight excluding hydrogens is 384 g/mol. The third-order valence-electron chi connectivity index (χ3n) is 4.08. The molecule has 3 rings (SSSR count). The largest absolute Gasteiger partial charge is 0.316 e. The summed E-state index contributed by atoms with van der Waals surface area (Å²) in [6.45, 7) is 0.506. The molecule has 0 aliphatic heterocycles. The third kappa shape index (κ3) is 3.97. The minimum Gasteiger partial charge on any atom is -0.316 e. The van der Waals surface area contributed by atoms with Gasteiger partial charge in [0.15, 0.2) is 9.84 Å². The molecule has 0 bridgehead atoms. The number of nitrogens with zero attached hydrogens (tertiary/aromatic N) is 1. The van der Waals surface area contributed by atoms with Crippen LogP contribution in [0.25, 0.3) is 11.3 Å². The lowest BCUT2D eigenvalue weighted by molar-refractivity contribution is 0.587. The van der Waals surface area contributed by atoms with E-state index >= 15 is 0 Å². The molecule has 0 fully saturated rings. The number of rotatable bonds is 6. The van der Waals surface area contributed by atoms with Crippen LogP contribution in [-0.4, -0.2) is 34.1 Å². The lowest BCUT2D eigenvalue weighted by atomic mass is 10.1. The summed E-state index contributed by atoms with van der Waals surface area (Å²) in [7, 11) is -5.71. The van der Waals surface area contributed by atoms with Gasteiger partial charge < -0.3 is 5.32 Å². The quantitative estimate of drug-likeness (QED) is 0.682.